The molecule has 2 aromatic rings. The van der Waals surface area contributed by atoms with Crippen LogP contribution in [0.3, 0.4) is 0 Å². The van der Waals surface area contributed by atoms with Crippen molar-refractivity contribution in [1.29, 1.82) is 0 Å². The zero-order chi connectivity index (χ0) is 22.0. The Balaban J connectivity index is 1.47. The van der Waals surface area contributed by atoms with E-state index in [1.165, 1.54) is 18.4 Å². The van der Waals surface area contributed by atoms with Gasteiger partial charge in [0.05, 0.1) is 25.0 Å². The van der Waals surface area contributed by atoms with Gasteiger partial charge in [0, 0.05) is 19.3 Å². The fraction of sp³-hybridized carbons (Fsp3) is 0.480. The third-order valence-electron chi connectivity index (χ3n) is 6.95. The Hall–Kier alpha value is -2.93. The Labute approximate surface area is 189 Å². The molecule has 3 aliphatic rings. The zero-order valence-corrected chi connectivity index (χ0v) is 18.7. The number of carbonyl (C=O) groups is 1. The summed E-state index contributed by atoms with van der Waals surface area (Å²) >= 11 is 0. The molecule has 2 amide bonds. The summed E-state index contributed by atoms with van der Waals surface area (Å²) in [5.41, 5.74) is 1.59. The lowest BCUT2D eigenvalue weighted by Gasteiger charge is -2.44. The molecule has 1 atom stereocenters. The number of nitrogens with zero attached hydrogens (tertiary/aromatic N) is 4. The number of benzene rings is 1. The number of likely N-dealkylation sites (tertiary alicyclic amines) is 1. The molecule has 1 aromatic carbocycles. The number of urea groups is 1. The Morgan fingerprint density at radius 1 is 1.19 bits per heavy atom. The summed E-state index contributed by atoms with van der Waals surface area (Å²) in [4.78, 5) is 27.0. The third-order valence-corrected chi connectivity index (χ3v) is 6.95. The second-order valence-corrected chi connectivity index (χ2v) is 9.09. The van der Waals surface area contributed by atoms with Crippen LogP contribution in [0.1, 0.15) is 44.1 Å². The summed E-state index contributed by atoms with van der Waals surface area (Å²) in [6, 6.07) is 12.3. The molecule has 1 saturated carbocycles. The van der Waals surface area contributed by atoms with E-state index >= 15 is 0 Å². The first-order valence-electron chi connectivity index (χ1n) is 11.6. The van der Waals surface area contributed by atoms with Gasteiger partial charge in [-0.25, -0.2) is 4.79 Å². The summed E-state index contributed by atoms with van der Waals surface area (Å²) in [6.07, 6.45) is 10.1. The minimum absolute atomic E-state index is 0.0963. The number of pyridine rings is 1. The highest BCUT2D eigenvalue weighted by atomic mass is 16.5. The molecule has 1 aromatic heterocycles. The Kier molecular flexibility index (Phi) is 5.83. The fourth-order valence-electron chi connectivity index (χ4n) is 5.42. The van der Waals surface area contributed by atoms with Crippen LogP contribution < -0.4 is 15.0 Å². The third kappa shape index (κ3) is 3.97. The molecule has 2 saturated heterocycles. The van der Waals surface area contributed by atoms with Crippen LogP contribution in [0.15, 0.2) is 53.8 Å². The molecular formula is C25H31N5O2. The van der Waals surface area contributed by atoms with E-state index in [0.29, 0.717) is 6.04 Å². The number of amidine groups is 1. The second kappa shape index (κ2) is 8.90. The van der Waals surface area contributed by atoms with Crippen molar-refractivity contribution >= 4 is 17.6 Å². The molecule has 32 heavy (non-hydrogen) atoms. The number of methoxy groups -OCH3 is 1. The highest BCUT2D eigenvalue weighted by Crippen LogP contribution is 2.38. The van der Waals surface area contributed by atoms with Crippen LogP contribution in [-0.4, -0.2) is 53.5 Å². The van der Waals surface area contributed by atoms with E-state index in [9.17, 15) is 4.79 Å². The quantitative estimate of drug-likeness (QED) is 0.774. The normalized spacial score (nSPS) is 25.6. The lowest BCUT2D eigenvalue weighted by molar-refractivity contribution is 0.176. The molecule has 1 N–H and O–H groups in total. The van der Waals surface area contributed by atoms with Gasteiger partial charge in [-0.15, -0.1) is 0 Å². The number of ether oxygens (including phenoxy) is 1. The van der Waals surface area contributed by atoms with Crippen molar-refractivity contribution in [2.45, 2.75) is 56.7 Å². The van der Waals surface area contributed by atoms with E-state index in [0.717, 1.165) is 62.6 Å². The van der Waals surface area contributed by atoms with Crippen LogP contribution in [0.5, 0.6) is 5.75 Å². The number of aromatic nitrogens is 1. The highest BCUT2D eigenvalue weighted by Gasteiger charge is 2.53. The van der Waals surface area contributed by atoms with Crippen LogP contribution in [0.25, 0.3) is 0 Å². The van der Waals surface area contributed by atoms with E-state index in [1.807, 2.05) is 29.2 Å². The second-order valence-electron chi connectivity index (χ2n) is 9.09. The van der Waals surface area contributed by atoms with E-state index in [1.54, 1.807) is 19.5 Å². The van der Waals surface area contributed by atoms with Gasteiger partial charge in [0.1, 0.15) is 17.1 Å². The van der Waals surface area contributed by atoms with E-state index in [4.69, 9.17) is 9.73 Å². The van der Waals surface area contributed by atoms with Crippen LogP contribution in [0.2, 0.25) is 0 Å². The Bertz CT molecular complexity index is 972. The molecule has 2 aliphatic heterocycles. The molecule has 5 rings (SSSR count). The number of rotatable bonds is 5. The van der Waals surface area contributed by atoms with Gasteiger partial charge in [-0.3, -0.25) is 25.1 Å². The maximum Gasteiger partial charge on any atom is 0.328 e. The summed E-state index contributed by atoms with van der Waals surface area (Å²) in [5.74, 6) is 1.71. The zero-order valence-electron chi connectivity index (χ0n) is 18.7. The van der Waals surface area contributed by atoms with Gasteiger partial charge in [-0.1, -0.05) is 25.0 Å². The van der Waals surface area contributed by atoms with Crippen LogP contribution in [0, 0.1) is 0 Å². The number of nitrogens with one attached hydrogen (secondary N) is 1. The first-order chi connectivity index (χ1) is 15.7. The molecule has 168 valence electrons. The molecule has 3 heterocycles. The summed E-state index contributed by atoms with van der Waals surface area (Å²) in [7, 11) is 1.69. The Morgan fingerprint density at radius 3 is 2.72 bits per heavy atom. The van der Waals surface area contributed by atoms with Crippen molar-refractivity contribution in [3.63, 3.8) is 0 Å². The number of piperidine rings is 1. The molecule has 7 heteroatoms. The van der Waals surface area contributed by atoms with Crippen molar-refractivity contribution in [3.8, 4) is 5.75 Å². The van der Waals surface area contributed by atoms with Crippen molar-refractivity contribution in [2.24, 2.45) is 4.99 Å². The average Bonchev–Trinajstić information content (AvgIpc) is 3.42. The predicted molar refractivity (Wildman–Crippen MR) is 125 cm³/mol. The number of amides is 2. The van der Waals surface area contributed by atoms with Gasteiger partial charge in [0.25, 0.3) is 0 Å². The predicted octanol–water partition coefficient (Wildman–Crippen LogP) is 4.00. The topological polar surface area (TPSA) is 70.1 Å². The van der Waals surface area contributed by atoms with Gasteiger partial charge in [-0.2, -0.15) is 0 Å². The SMILES string of the molecule is COc1ccc(CN2CCCC3(C2)C(=NC2CCCC2)NC(=O)N3c2cccnc2)cc1. The number of hydrogen-bond acceptors (Lipinski definition) is 5. The van der Waals surface area contributed by atoms with Gasteiger partial charge in [0.15, 0.2) is 0 Å². The van der Waals surface area contributed by atoms with Crippen LogP contribution in [0.4, 0.5) is 10.5 Å². The molecule has 0 bridgehead atoms. The number of carbonyl (C=O) groups excluding carboxylic acids is 1. The van der Waals surface area contributed by atoms with Gasteiger partial charge in [0.2, 0.25) is 0 Å². The maximum absolute atomic E-state index is 13.2. The minimum Gasteiger partial charge on any atom is -0.497 e. The van der Waals surface area contributed by atoms with Gasteiger partial charge in [-0.05, 0) is 62.1 Å². The lowest BCUT2D eigenvalue weighted by atomic mass is 9.86. The van der Waals surface area contributed by atoms with Gasteiger partial charge >= 0.3 is 6.03 Å². The lowest BCUT2D eigenvalue weighted by Crippen LogP contribution is -2.60. The first kappa shape index (κ1) is 20.9. The molecular weight excluding hydrogens is 402 g/mol. The number of aliphatic imine (C=N–C) groups is 1. The first-order valence-corrected chi connectivity index (χ1v) is 11.6. The maximum atomic E-state index is 13.2. The molecule has 1 aliphatic carbocycles. The fourth-order valence-corrected chi connectivity index (χ4v) is 5.42. The molecule has 1 unspecified atom stereocenters. The van der Waals surface area contributed by atoms with Crippen molar-refractivity contribution in [2.75, 3.05) is 25.1 Å². The summed E-state index contributed by atoms with van der Waals surface area (Å²) < 4.78 is 5.30. The van der Waals surface area contributed by atoms with E-state index in [2.05, 4.69) is 27.3 Å². The minimum atomic E-state index is -0.479. The molecule has 0 radical (unpaired) electrons. The average molecular weight is 434 g/mol. The number of hydrogen-bond donors (Lipinski definition) is 1. The van der Waals surface area contributed by atoms with Gasteiger partial charge < -0.3 is 4.74 Å². The Morgan fingerprint density at radius 2 is 2.00 bits per heavy atom. The largest absolute Gasteiger partial charge is 0.497 e. The van der Waals surface area contributed by atoms with E-state index in [-0.39, 0.29) is 6.03 Å². The summed E-state index contributed by atoms with van der Waals surface area (Å²) in [6.45, 7) is 2.58. The smallest absolute Gasteiger partial charge is 0.328 e. The van der Waals surface area contributed by atoms with Crippen molar-refractivity contribution < 1.29 is 9.53 Å². The van der Waals surface area contributed by atoms with E-state index < -0.39 is 5.54 Å². The molecule has 7 nitrogen and oxygen atoms in total. The standard InChI is InChI=1S/C25H31N5O2/c1-32-22-11-9-19(10-12-22)17-29-15-5-13-25(18-29)23(27-20-6-2-3-7-20)28-24(31)30(25)21-8-4-14-26-16-21/h4,8-12,14,16,20H,2-3,5-7,13,15,17-18H2,1H3,(H,27,28,31). The highest BCUT2D eigenvalue weighted by molar-refractivity contribution is 6.19. The summed E-state index contributed by atoms with van der Waals surface area (Å²) in [5, 5.41) is 3.16. The monoisotopic (exact) mass is 433 g/mol. The number of anilines is 1. The van der Waals surface area contributed by atoms with Crippen molar-refractivity contribution in [1.82, 2.24) is 15.2 Å². The molecule has 3 fully saturated rings. The van der Waals surface area contributed by atoms with Crippen molar-refractivity contribution in [3.05, 3.63) is 54.4 Å². The molecule has 1 spiro atoms. The van der Waals surface area contributed by atoms with Crippen LogP contribution >= 0.6 is 0 Å². The van der Waals surface area contributed by atoms with Crippen LogP contribution in [-0.2, 0) is 6.54 Å².